The van der Waals surface area contributed by atoms with Gasteiger partial charge in [0.2, 0.25) is 5.95 Å². The van der Waals surface area contributed by atoms with Crippen molar-refractivity contribution in [3.05, 3.63) is 53.9 Å². The van der Waals surface area contributed by atoms with Crippen LogP contribution >= 0.6 is 0 Å². The molecule has 1 fully saturated rings. The van der Waals surface area contributed by atoms with Gasteiger partial charge < -0.3 is 9.30 Å². The molecule has 0 saturated heterocycles. The van der Waals surface area contributed by atoms with Gasteiger partial charge in [-0.25, -0.2) is 23.5 Å². The lowest BCUT2D eigenvalue weighted by Crippen LogP contribution is -2.06. The van der Waals surface area contributed by atoms with E-state index in [1.54, 1.807) is 29.1 Å². The second-order valence-electron chi connectivity index (χ2n) is 6.58. The highest BCUT2D eigenvalue weighted by atomic mass is 19.2. The maximum atomic E-state index is 13.8. The molecule has 0 aliphatic heterocycles. The van der Waals surface area contributed by atoms with Crippen LogP contribution in [0.1, 0.15) is 29.2 Å². The van der Waals surface area contributed by atoms with Crippen molar-refractivity contribution in [1.82, 2.24) is 19.1 Å². The summed E-state index contributed by atoms with van der Waals surface area (Å²) < 4.78 is 35.9. The number of imidazole rings is 2. The number of fused-ring (bicyclic) bond motifs is 2. The molecular weight excluding hydrogens is 354 g/mol. The summed E-state index contributed by atoms with van der Waals surface area (Å²) in [6.07, 6.45) is 3.48. The summed E-state index contributed by atoms with van der Waals surface area (Å²) in [6, 6.07) is 7.49. The van der Waals surface area contributed by atoms with Gasteiger partial charge >= 0.3 is 5.97 Å². The Balaban J connectivity index is 1.78. The van der Waals surface area contributed by atoms with E-state index in [0.29, 0.717) is 33.6 Å². The van der Waals surface area contributed by atoms with E-state index in [9.17, 15) is 13.6 Å². The fourth-order valence-electron chi connectivity index (χ4n) is 3.35. The Morgan fingerprint density at radius 2 is 1.89 bits per heavy atom. The van der Waals surface area contributed by atoms with Crippen LogP contribution in [0.4, 0.5) is 8.78 Å². The van der Waals surface area contributed by atoms with Gasteiger partial charge in [-0.15, -0.1) is 0 Å². The zero-order chi connectivity index (χ0) is 18.7. The van der Waals surface area contributed by atoms with E-state index in [2.05, 4.69) is 9.97 Å². The molecule has 0 N–H and O–H groups in total. The summed E-state index contributed by atoms with van der Waals surface area (Å²) >= 11 is 0. The topological polar surface area (TPSA) is 61.9 Å². The van der Waals surface area contributed by atoms with Crippen LogP contribution in [0, 0.1) is 11.6 Å². The van der Waals surface area contributed by atoms with Crippen molar-refractivity contribution in [2.75, 3.05) is 7.11 Å². The minimum Gasteiger partial charge on any atom is -0.465 e. The Morgan fingerprint density at radius 3 is 2.63 bits per heavy atom. The maximum Gasteiger partial charge on any atom is 0.337 e. The predicted octanol–water partition coefficient (Wildman–Crippen LogP) is 3.77. The molecule has 1 aliphatic rings. The Kier molecular flexibility index (Phi) is 3.30. The first-order valence-electron chi connectivity index (χ1n) is 8.49. The smallest absolute Gasteiger partial charge is 0.337 e. The van der Waals surface area contributed by atoms with Gasteiger partial charge in [-0.2, -0.15) is 0 Å². The van der Waals surface area contributed by atoms with Gasteiger partial charge in [0.15, 0.2) is 11.6 Å². The van der Waals surface area contributed by atoms with Crippen LogP contribution in [-0.4, -0.2) is 32.2 Å². The van der Waals surface area contributed by atoms with E-state index < -0.39 is 17.6 Å². The molecular formula is C19H14F2N4O2. The van der Waals surface area contributed by atoms with Crippen LogP contribution < -0.4 is 0 Å². The summed E-state index contributed by atoms with van der Waals surface area (Å²) in [5, 5.41) is 0. The van der Waals surface area contributed by atoms with E-state index in [0.717, 1.165) is 18.9 Å². The number of carbonyl (C=O) groups is 1. The van der Waals surface area contributed by atoms with Crippen LogP contribution in [0.3, 0.4) is 0 Å². The third kappa shape index (κ3) is 2.40. The van der Waals surface area contributed by atoms with Crippen LogP contribution in [0.25, 0.3) is 28.0 Å². The number of benzene rings is 2. The lowest BCUT2D eigenvalue weighted by Gasteiger charge is -2.09. The number of methoxy groups -OCH3 is 1. The molecule has 6 nitrogen and oxygen atoms in total. The average Bonchev–Trinajstić information content (AvgIpc) is 3.32. The number of carbonyl (C=O) groups excluding carboxylic acids is 1. The standard InChI is InChI=1S/C19H14F2N4O2/c1-27-18(26)10-2-5-14-16(6-10)24(9-22-14)19-23-15-7-12(20)13(21)8-17(15)25(19)11-3-4-11/h2,5-9,11H,3-4H2,1H3. The number of halogens is 2. The van der Waals surface area contributed by atoms with E-state index >= 15 is 0 Å². The highest BCUT2D eigenvalue weighted by Crippen LogP contribution is 2.40. The van der Waals surface area contributed by atoms with Gasteiger partial charge in [-0.1, -0.05) is 0 Å². The molecule has 2 aromatic carbocycles. The van der Waals surface area contributed by atoms with Crippen LogP contribution in [-0.2, 0) is 4.74 Å². The third-order valence-corrected chi connectivity index (χ3v) is 4.81. The third-order valence-electron chi connectivity index (χ3n) is 4.81. The molecule has 2 aromatic heterocycles. The fourth-order valence-corrected chi connectivity index (χ4v) is 3.35. The lowest BCUT2D eigenvalue weighted by atomic mass is 10.2. The van der Waals surface area contributed by atoms with Crippen LogP contribution in [0.5, 0.6) is 0 Å². The largest absolute Gasteiger partial charge is 0.465 e. The second kappa shape index (κ2) is 5.60. The Morgan fingerprint density at radius 1 is 1.11 bits per heavy atom. The fraction of sp³-hybridized carbons (Fsp3) is 0.211. The van der Waals surface area contributed by atoms with Gasteiger partial charge in [-0.05, 0) is 31.0 Å². The second-order valence-corrected chi connectivity index (χ2v) is 6.58. The average molecular weight is 368 g/mol. The SMILES string of the molecule is COC(=O)c1ccc2ncn(-c3nc4cc(F)c(F)cc4n3C3CC3)c2c1. The van der Waals surface area contributed by atoms with Gasteiger partial charge in [-0.3, -0.25) is 4.57 Å². The number of hydrogen-bond acceptors (Lipinski definition) is 4. The molecule has 0 unspecified atom stereocenters. The van der Waals surface area contributed by atoms with Crippen molar-refractivity contribution in [3.8, 4) is 5.95 Å². The quantitative estimate of drug-likeness (QED) is 0.517. The van der Waals surface area contributed by atoms with Gasteiger partial charge in [0.25, 0.3) is 0 Å². The monoisotopic (exact) mass is 368 g/mol. The molecule has 4 aromatic rings. The summed E-state index contributed by atoms with van der Waals surface area (Å²) in [5.41, 5.74) is 2.64. The number of rotatable bonds is 3. The Bertz CT molecular complexity index is 1220. The lowest BCUT2D eigenvalue weighted by molar-refractivity contribution is 0.0601. The summed E-state index contributed by atoms with van der Waals surface area (Å²) in [4.78, 5) is 20.8. The summed E-state index contributed by atoms with van der Waals surface area (Å²) in [7, 11) is 1.32. The molecule has 8 heteroatoms. The molecule has 0 radical (unpaired) electrons. The van der Waals surface area contributed by atoms with E-state index in [-0.39, 0.29) is 6.04 Å². The van der Waals surface area contributed by atoms with Gasteiger partial charge in [0.1, 0.15) is 6.33 Å². The first kappa shape index (κ1) is 15.9. The minimum absolute atomic E-state index is 0.177. The number of hydrogen-bond donors (Lipinski definition) is 0. The zero-order valence-electron chi connectivity index (χ0n) is 14.3. The normalized spacial score (nSPS) is 14.2. The Labute approximate surface area is 152 Å². The van der Waals surface area contributed by atoms with Gasteiger partial charge in [0.05, 0.1) is 34.7 Å². The van der Waals surface area contributed by atoms with Crippen LogP contribution in [0.15, 0.2) is 36.7 Å². The van der Waals surface area contributed by atoms with E-state index in [1.807, 2.05) is 4.57 Å². The first-order chi connectivity index (χ1) is 13.1. The molecule has 0 amide bonds. The van der Waals surface area contributed by atoms with Crippen molar-refractivity contribution in [1.29, 1.82) is 0 Å². The molecule has 0 atom stereocenters. The molecule has 0 bridgehead atoms. The number of ether oxygens (including phenoxy) is 1. The number of esters is 1. The predicted molar refractivity (Wildman–Crippen MR) is 93.9 cm³/mol. The van der Waals surface area contributed by atoms with E-state index in [4.69, 9.17) is 4.74 Å². The molecule has 5 rings (SSSR count). The first-order valence-corrected chi connectivity index (χ1v) is 8.49. The maximum absolute atomic E-state index is 13.8. The number of nitrogens with zero attached hydrogens (tertiary/aromatic N) is 4. The minimum atomic E-state index is -0.932. The van der Waals surface area contributed by atoms with Crippen molar-refractivity contribution in [2.24, 2.45) is 0 Å². The van der Waals surface area contributed by atoms with Crippen molar-refractivity contribution >= 4 is 28.0 Å². The number of aromatic nitrogens is 4. The Hall–Kier alpha value is -3.29. The van der Waals surface area contributed by atoms with Crippen molar-refractivity contribution in [3.63, 3.8) is 0 Å². The van der Waals surface area contributed by atoms with E-state index in [1.165, 1.54) is 13.2 Å². The van der Waals surface area contributed by atoms with Crippen molar-refractivity contribution in [2.45, 2.75) is 18.9 Å². The molecule has 27 heavy (non-hydrogen) atoms. The zero-order valence-corrected chi connectivity index (χ0v) is 14.3. The molecule has 2 heterocycles. The summed E-state index contributed by atoms with van der Waals surface area (Å²) in [5.74, 6) is -1.77. The van der Waals surface area contributed by atoms with Crippen molar-refractivity contribution < 1.29 is 18.3 Å². The van der Waals surface area contributed by atoms with Gasteiger partial charge in [0, 0.05) is 18.2 Å². The molecule has 0 spiro atoms. The molecule has 1 aliphatic carbocycles. The highest BCUT2D eigenvalue weighted by molar-refractivity contribution is 5.94. The summed E-state index contributed by atoms with van der Waals surface area (Å²) in [6.45, 7) is 0. The van der Waals surface area contributed by atoms with Crippen LogP contribution in [0.2, 0.25) is 0 Å². The molecule has 1 saturated carbocycles. The highest BCUT2D eigenvalue weighted by Gasteiger charge is 2.30. The molecule has 136 valence electrons.